The highest BCUT2D eigenvalue weighted by Crippen LogP contribution is 2.44. The van der Waals surface area contributed by atoms with E-state index in [0.717, 1.165) is 43.7 Å². The van der Waals surface area contributed by atoms with Gasteiger partial charge in [-0.15, -0.1) is 23.1 Å². The van der Waals surface area contributed by atoms with E-state index in [1.165, 1.54) is 22.1 Å². The van der Waals surface area contributed by atoms with Crippen LogP contribution in [-0.2, 0) is 23.5 Å². The molecule has 4 aromatic rings. The van der Waals surface area contributed by atoms with Gasteiger partial charge in [0, 0.05) is 23.1 Å². The number of hydrogen-bond acceptors (Lipinski definition) is 7. The average molecular weight is 466 g/mol. The minimum Gasteiger partial charge on any atom is -0.497 e. The fourth-order valence-electron chi connectivity index (χ4n) is 4.26. The number of benzene rings is 1. The Hall–Kier alpha value is -2.22. The second-order valence-electron chi connectivity index (χ2n) is 9.11. The Kier molecular flexibility index (Phi) is 5.60. The van der Waals surface area contributed by atoms with E-state index in [2.05, 4.69) is 44.8 Å². The van der Waals surface area contributed by atoms with Crippen LogP contribution in [0.25, 0.3) is 20.4 Å². The lowest BCUT2D eigenvalue weighted by molar-refractivity contribution is -0.0402. The summed E-state index contributed by atoms with van der Waals surface area (Å²) in [6, 6.07) is 8.20. The quantitative estimate of drug-likeness (QED) is 0.247. The first-order chi connectivity index (χ1) is 15.4. The van der Waals surface area contributed by atoms with Gasteiger partial charge in [0.25, 0.3) is 0 Å². The molecule has 7 heteroatoms. The van der Waals surface area contributed by atoms with E-state index in [4.69, 9.17) is 19.4 Å². The van der Waals surface area contributed by atoms with Crippen molar-refractivity contribution in [3.63, 3.8) is 0 Å². The molecule has 0 fully saturated rings. The molecule has 0 amide bonds. The molecule has 0 saturated carbocycles. The average Bonchev–Trinajstić information content (AvgIpc) is 3.16. The van der Waals surface area contributed by atoms with E-state index in [1.807, 2.05) is 12.1 Å². The van der Waals surface area contributed by atoms with Gasteiger partial charge in [0.1, 0.15) is 21.9 Å². The molecule has 0 spiro atoms. The summed E-state index contributed by atoms with van der Waals surface area (Å²) in [6.07, 6.45) is 2.56. The van der Waals surface area contributed by atoms with Crippen molar-refractivity contribution in [3.8, 4) is 5.75 Å². The molecule has 0 atom stereocenters. The normalized spacial score (nSPS) is 15.4. The summed E-state index contributed by atoms with van der Waals surface area (Å²) in [5.74, 6) is 2.06. The van der Waals surface area contributed by atoms with Crippen molar-refractivity contribution in [2.75, 3.05) is 7.11 Å². The van der Waals surface area contributed by atoms with Crippen LogP contribution in [0, 0.1) is 0 Å². The number of thiophene rings is 1. The van der Waals surface area contributed by atoms with Crippen LogP contribution in [0.2, 0.25) is 0 Å². The summed E-state index contributed by atoms with van der Waals surface area (Å²) >= 11 is 3.46. The van der Waals surface area contributed by atoms with E-state index < -0.39 is 0 Å². The Morgan fingerprint density at radius 2 is 1.94 bits per heavy atom. The molecule has 5 nitrogen and oxygen atoms in total. The van der Waals surface area contributed by atoms with Crippen LogP contribution >= 0.6 is 23.1 Å². The number of methoxy groups -OCH3 is 1. The molecule has 32 heavy (non-hydrogen) atoms. The zero-order chi connectivity index (χ0) is 22.5. The van der Waals surface area contributed by atoms with Crippen LogP contribution < -0.4 is 4.74 Å². The summed E-state index contributed by atoms with van der Waals surface area (Å²) < 4.78 is 12.6. The van der Waals surface area contributed by atoms with Crippen molar-refractivity contribution in [2.45, 2.75) is 63.0 Å². The lowest BCUT2D eigenvalue weighted by Crippen LogP contribution is -2.32. The molecule has 0 saturated heterocycles. The smallest absolute Gasteiger partial charge is 0.126 e. The predicted molar refractivity (Wildman–Crippen MR) is 132 cm³/mol. The number of hydrogen-bond donors (Lipinski definition) is 0. The van der Waals surface area contributed by atoms with Crippen LogP contribution in [0.15, 0.2) is 35.6 Å². The van der Waals surface area contributed by atoms with Crippen molar-refractivity contribution >= 4 is 43.5 Å². The number of fused-ring (bicyclic) bond motifs is 5. The molecule has 5 rings (SSSR count). The maximum atomic E-state index is 6.17. The molecule has 0 N–H and O–H groups in total. The van der Waals surface area contributed by atoms with Crippen molar-refractivity contribution < 1.29 is 9.47 Å². The van der Waals surface area contributed by atoms with Gasteiger partial charge in [-0.1, -0.05) is 26.0 Å². The first-order valence-corrected chi connectivity index (χ1v) is 12.6. The minimum atomic E-state index is -0.192. The Morgan fingerprint density at radius 3 is 2.66 bits per heavy atom. The van der Waals surface area contributed by atoms with Gasteiger partial charge in [-0.25, -0.2) is 15.0 Å². The maximum absolute atomic E-state index is 6.17. The van der Waals surface area contributed by atoms with Gasteiger partial charge in [-0.3, -0.25) is 0 Å². The lowest BCUT2D eigenvalue weighted by atomic mass is 9.87. The molecule has 1 aromatic carbocycles. The Bertz CT molecular complexity index is 1300. The molecule has 0 aliphatic carbocycles. The van der Waals surface area contributed by atoms with Gasteiger partial charge in [-0.2, -0.15) is 0 Å². The van der Waals surface area contributed by atoms with Gasteiger partial charge in [0.2, 0.25) is 0 Å². The van der Waals surface area contributed by atoms with Crippen LogP contribution in [0.4, 0.5) is 0 Å². The van der Waals surface area contributed by atoms with Crippen molar-refractivity contribution in [1.82, 2.24) is 15.0 Å². The van der Waals surface area contributed by atoms with E-state index in [1.54, 1.807) is 36.5 Å². The third-order valence-electron chi connectivity index (χ3n) is 5.91. The molecule has 0 unspecified atom stereocenters. The monoisotopic (exact) mass is 465 g/mol. The largest absolute Gasteiger partial charge is 0.497 e. The number of nitrogens with zero attached hydrogens (tertiary/aromatic N) is 3. The Labute approximate surface area is 196 Å². The highest BCUT2D eigenvalue weighted by molar-refractivity contribution is 7.98. The summed E-state index contributed by atoms with van der Waals surface area (Å²) in [6.45, 7) is 9.35. The van der Waals surface area contributed by atoms with Crippen molar-refractivity contribution in [1.29, 1.82) is 0 Å². The minimum absolute atomic E-state index is 0.192. The van der Waals surface area contributed by atoms with E-state index in [0.29, 0.717) is 12.5 Å². The summed E-state index contributed by atoms with van der Waals surface area (Å²) in [5.41, 5.74) is 5.82. The molecule has 0 bridgehead atoms. The van der Waals surface area contributed by atoms with Gasteiger partial charge >= 0.3 is 0 Å². The highest BCUT2D eigenvalue weighted by Gasteiger charge is 2.32. The zero-order valence-electron chi connectivity index (χ0n) is 19.1. The third kappa shape index (κ3) is 3.87. The standard InChI is InChI=1S/C25H27N3O2S2/c1-14(2)20-18-11-30-25(3,4)10-17(18)19-21-22(32-23(19)28-20)24(27-13-26-21)31-12-15-6-8-16(29-5)9-7-15/h6-9,13-14H,10-12H2,1-5H3. The zero-order valence-corrected chi connectivity index (χ0v) is 20.7. The highest BCUT2D eigenvalue weighted by atomic mass is 32.2. The van der Waals surface area contributed by atoms with E-state index in [-0.39, 0.29) is 5.60 Å². The molecule has 166 valence electrons. The topological polar surface area (TPSA) is 57.1 Å². The van der Waals surface area contributed by atoms with Gasteiger partial charge in [0.15, 0.2) is 0 Å². The SMILES string of the molecule is COc1ccc(CSc2ncnc3c2sc2nc(C(C)C)c4c(c23)CC(C)(C)OC4)cc1. The number of thioether (sulfide) groups is 1. The number of ether oxygens (including phenoxy) is 2. The molecule has 1 aliphatic heterocycles. The van der Waals surface area contributed by atoms with Gasteiger partial charge in [-0.05, 0) is 43.0 Å². The van der Waals surface area contributed by atoms with Crippen LogP contribution in [-0.4, -0.2) is 27.7 Å². The summed E-state index contributed by atoms with van der Waals surface area (Å²) in [7, 11) is 1.69. The van der Waals surface area contributed by atoms with Crippen molar-refractivity contribution in [3.05, 3.63) is 53.0 Å². The van der Waals surface area contributed by atoms with E-state index >= 15 is 0 Å². The second-order valence-corrected chi connectivity index (χ2v) is 11.1. The molecular weight excluding hydrogens is 438 g/mol. The van der Waals surface area contributed by atoms with Crippen LogP contribution in [0.3, 0.4) is 0 Å². The molecule has 0 radical (unpaired) electrons. The van der Waals surface area contributed by atoms with Gasteiger partial charge in [0.05, 0.1) is 35.2 Å². The number of pyridine rings is 1. The molecule has 3 aromatic heterocycles. The Morgan fingerprint density at radius 1 is 1.16 bits per heavy atom. The summed E-state index contributed by atoms with van der Waals surface area (Å²) in [5, 5.41) is 2.20. The maximum Gasteiger partial charge on any atom is 0.126 e. The molecule has 1 aliphatic rings. The first kappa shape index (κ1) is 21.6. The lowest BCUT2D eigenvalue weighted by Gasteiger charge is -2.33. The summed E-state index contributed by atoms with van der Waals surface area (Å²) in [4.78, 5) is 15.5. The Balaban J connectivity index is 1.60. The third-order valence-corrected chi connectivity index (χ3v) is 8.18. The molecular formula is C25H27N3O2S2. The van der Waals surface area contributed by atoms with Crippen molar-refractivity contribution in [2.24, 2.45) is 0 Å². The molecule has 4 heterocycles. The number of rotatable bonds is 5. The fraction of sp³-hybridized carbons (Fsp3) is 0.400. The van der Waals surface area contributed by atoms with Crippen LogP contribution in [0.1, 0.15) is 56.0 Å². The number of aromatic nitrogens is 3. The van der Waals surface area contributed by atoms with Crippen LogP contribution in [0.5, 0.6) is 5.75 Å². The second kappa shape index (κ2) is 8.28. The van der Waals surface area contributed by atoms with E-state index in [9.17, 15) is 0 Å². The predicted octanol–water partition coefficient (Wildman–Crippen LogP) is 6.52. The first-order valence-electron chi connectivity index (χ1n) is 10.8. The fourth-order valence-corrected chi connectivity index (χ4v) is 6.46. The van der Waals surface area contributed by atoms with Gasteiger partial charge < -0.3 is 9.47 Å².